The molecule has 2 aromatic rings. The van der Waals surface area contributed by atoms with Crippen LogP contribution in [0.5, 0.6) is 0 Å². The van der Waals surface area contributed by atoms with Gasteiger partial charge in [0.1, 0.15) is 6.04 Å². The summed E-state index contributed by atoms with van der Waals surface area (Å²) in [5.41, 5.74) is 0.761. The van der Waals surface area contributed by atoms with Gasteiger partial charge in [-0.05, 0) is 12.5 Å². The van der Waals surface area contributed by atoms with Gasteiger partial charge in [-0.2, -0.15) is 0 Å². The molecule has 0 radical (unpaired) electrons. The van der Waals surface area contributed by atoms with Gasteiger partial charge in [-0.3, -0.25) is 14.2 Å². The monoisotopic (exact) mass is 425 g/mol. The molecule has 3 saturated heterocycles. The van der Waals surface area contributed by atoms with E-state index in [2.05, 4.69) is 9.97 Å². The van der Waals surface area contributed by atoms with Crippen molar-refractivity contribution in [2.75, 3.05) is 44.3 Å². The Morgan fingerprint density at radius 1 is 1.03 bits per heavy atom. The number of carbonyl (C=O) groups is 1. The Hall–Kier alpha value is -2.81. The number of anilines is 1. The minimum absolute atomic E-state index is 0.0225. The van der Waals surface area contributed by atoms with Crippen molar-refractivity contribution in [1.29, 1.82) is 0 Å². The highest BCUT2D eigenvalue weighted by atomic mass is 19.1. The molecule has 0 N–H and O–H groups in total. The van der Waals surface area contributed by atoms with E-state index in [1.165, 1.54) is 18.5 Å². The van der Waals surface area contributed by atoms with Crippen molar-refractivity contribution in [2.24, 2.45) is 17.8 Å². The van der Waals surface area contributed by atoms with E-state index < -0.39 is 11.9 Å². The number of pyridine rings is 1. The number of carbonyl (C=O) groups excluding carboxylic acids is 1. The normalized spacial score (nSPS) is 31.5. The third-order valence-electron chi connectivity index (χ3n) is 7.34. The van der Waals surface area contributed by atoms with E-state index in [1.54, 1.807) is 10.6 Å². The van der Waals surface area contributed by atoms with Crippen LogP contribution in [0, 0.1) is 23.6 Å². The molecule has 31 heavy (non-hydrogen) atoms. The van der Waals surface area contributed by atoms with Crippen molar-refractivity contribution in [1.82, 2.24) is 19.4 Å². The van der Waals surface area contributed by atoms with E-state index >= 15 is 0 Å². The fourth-order valence-corrected chi connectivity index (χ4v) is 5.94. The van der Waals surface area contributed by atoms with E-state index in [4.69, 9.17) is 4.74 Å². The number of nitrogens with zero attached hydrogens (tertiary/aromatic N) is 5. The second-order valence-electron chi connectivity index (χ2n) is 9.20. The van der Waals surface area contributed by atoms with Gasteiger partial charge in [-0.15, -0.1) is 0 Å². The number of hydrogen-bond donors (Lipinski definition) is 0. The molecule has 4 aliphatic heterocycles. The van der Waals surface area contributed by atoms with Gasteiger partial charge >= 0.3 is 0 Å². The number of fused-ring (bicyclic) bond motifs is 5. The number of ether oxygens (including phenoxy) is 1. The van der Waals surface area contributed by atoms with Gasteiger partial charge in [0.15, 0.2) is 5.82 Å². The third kappa shape index (κ3) is 3.05. The highest BCUT2D eigenvalue weighted by molar-refractivity contribution is 5.82. The quantitative estimate of drug-likeness (QED) is 0.716. The number of likely N-dealkylation sites (tertiary alicyclic amines) is 1. The van der Waals surface area contributed by atoms with E-state index in [0.29, 0.717) is 57.2 Å². The summed E-state index contributed by atoms with van der Waals surface area (Å²) in [6.07, 6.45) is 3.17. The zero-order valence-electron chi connectivity index (χ0n) is 17.1. The van der Waals surface area contributed by atoms with Crippen LogP contribution in [0.1, 0.15) is 24.1 Å². The molecule has 2 aromatic heterocycles. The van der Waals surface area contributed by atoms with Crippen LogP contribution in [0.25, 0.3) is 0 Å². The predicted octanol–water partition coefficient (Wildman–Crippen LogP) is 1.05. The molecule has 3 fully saturated rings. The first-order chi connectivity index (χ1) is 15.1. The third-order valence-corrected chi connectivity index (χ3v) is 7.34. The molecule has 0 saturated carbocycles. The Morgan fingerprint density at radius 3 is 2.52 bits per heavy atom. The Kier molecular flexibility index (Phi) is 4.34. The summed E-state index contributed by atoms with van der Waals surface area (Å²) in [4.78, 5) is 38.9. The highest BCUT2D eigenvalue weighted by Gasteiger charge is 2.48. The summed E-state index contributed by atoms with van der Waals surface area (Å²) in [5.74, 6) is 0.844. The minimum atomic E-state index is -0.539. The second-order valence-corrected chi connectivity index (χ2v) is 9.20. The number of rotatable bonds is 2. The van der Waals surface area contributed by atoms with Gasteiger partial charge in [-0.1, -0.05) is 6.07 Å². The van der Waals surface area contributed by atoms with Crippen LogP contribution in [0.2, 0.25) is 0 Å². The van der Waals surface area contributed by atoms with Crippen molar-refractivity contribution in [2.45, 2.75) is 18.4 Å². The van der Waals surface area contributed by atoms with Crippen molar-refractivity contribution >= 4 is 11.9 Å². The molecule has 9 heteroatoms. The Morgan fingerprint density at radius 2 is 1.77 bits per heavy atom. The smallest absolute Gasteiger partial charge is 0.251 e. The fourth-order valence-electron chi connectivity index (χ4n) is 5.94. The second kappa shape index (κ2) is 7.12. The number of amides is 1. The van der Waals surface area contributed by atoms with Crippen LogP contribution in [0.4, 0.5) is 10.3 Å². The maximum absolute atomic E-state index is 13.8. The molecule has 0 spiro atoms. The summed E-state index contributed by atoms with van der Waals surface area (Å²) >= 11 is 0. The van der Waals surface area contributed by atoms with Crippen molar-refractivity contribution in [3.05, 3.63) is 52.5 Å². The summed E-state index contributed by atoms with van der Waals surface area (Å²) in [6.45, 7) is 3.99. The van der Waals surface area contributed by atoms with Gasteiger partial charge in [0, 0.05) is 61.6 Å². The summed E-state index contributed by atoms with van der Waals surface area (Å²) in [5, 5.41) is 0. The maximum atomic E-state index is 13.8. The largest absolute Gasteiger partial charge is 0.381 e. The molecule has 6 heterocycles. The lowest BCUT2D eigenvalue weighted by atomic mass is 9.78. The first-order valence-corrected chi connectivity index (χ1v) is 10.9. The molecule has 162 valence electrons. The van der Waals surface area contributed by atoms with Crippen molar-refractivity contribution in [3.8, 4) is 0 Å². The minimum Gasteiger partial charge on any atom is -0.381 e. The first-order valence-electron chi connectivity index (χ1n) is 10.9. The molecular formula is C22H24FN5O3. The van der Waals surface area contributed by atoms with Crippen molar-refractivity contribution in [3.63, 3.8) is 0 Å². The predicted molar refractivity (Wildman–Crippen MR) is 109 cm³/mol. The lowest BCUT2D eigenvalue weighted by molar-refractivity contribution is -0.137. The van der Waals surface area contributed by atoms with E-state index in [1.807, 2.05) is 15.9 Å². The number of halogens is 1. The zero-order valence-corrected chi connectivity index (χ0v) is 17.1. The summed E-state index contributed by atoms with van der Waals surface area (Å²) in [6, 6.07) is 4.71. The van der Waals surface area contributed by atoms with E-state index in [9.17, 15) is 14.0 Å². The van der Waals surface area contributed by atoms with Gasteiger partial charge < -0.3 is 14.5 Å². The maximum Gasteiger partial charge on any atom is 0.251 e. The topological polar surface area (TPSA) is 80.6 Å². The number of piperidine rings is 1. The molecule has 6 rings (SSSR count). The molecule has 2 bridgehead atoms. The van der Waals surface area contributed by atoms with Gasteiger partial charge in [0.25, 0.3) is 5.56 Å². The average molecular weight is 425 g/mol. The molecule has 0 aromatic carbocycles. The average Bonchev–Trinajstić information content (AvgIpc) is 3.37. The van der Waals surface area contributed by atoms with E-state index in [-0.39, 0.29) is 23.3 Å². The van der Waals surface area contributed by atoms with Gasteiger partial charge in [-0.25, -0.2) is 14.4 Å². The first kappa shape index (κ1) is 18.9. The number of hydrogen-bond acceptors (Lipinski definition) is 6. The molecule has 0 aliphatic carbocycles. The van der Waals surface area contributed by atoms with Crippen molar-refractivity contribution < 1.29 is 13.9 Å². The lowest BCUT2D eigenvalue weighted by Crippen LogP contribution is -2.54. The van der Waals surface area contributed by atoms with Crippen LogP contribution in [0.15, 0.2) is 35.4 Å². The molecule has 4 aliphatic rings. The molecule has 8 nitrogen and oxygen atoms in total. The van der Waals surface area contributed by atoms with Crippen LogP contribution in [-0.2, 0) is 9.53 Å². The van der Waals surface area contributed by atoms with Crippen LogP contribution in [-0.4, -0.2) is 64.7 Å². The van der Waals surface area contributed by atoms with Gasteiger partial charge in [0.05, 0.1) is 25.6 Å². The SMILES string of the molecule is O=C([C@H]1[C@H]2C[C@H](CN(c3ncc(F)cn3)C2)c2cccc(=O)n21)N1C[C@H]2COC[C@H]2C1. The molecule has 0 unspecified atom stereocenters. The van der Waals surface area contributed by atoms with E-state index in [0.717, 1.165) is 12.1 Å². The molecule has 1 amide bonds. The Balaban J connectivity index is 1.36. The number of aromatic nitrogens is 3. The lowest BCUT2D eigenvalue weighted by Gasteiger charge is -2.47. The summed E-state index contributed by atoms with van der Waals surface area (Å²) in [7, 11) is 0. The fraction of sp³-hybridized carbons (Fsp3) is 0.545. The standard InChI is InChI=1S/C22H24FN5O3/c23-17-5-24-22(25-6-17)27-7-13-4-14(8-27)20(28-18(13)2-1-3-19(28)29)21(30)26-9-15-11-31-12-16(15)10-26/h1-3,5-6,13-16,20H,4,7-12H2/t13-,14+,15-,16+,20-/m1/s1. The van der Waals surface area contributed by atoms with Crippen LogP contribution in [0.3, 0.4) is 0 Å². The molecule has 5 atom stereocenters. The molecular weight excluding hydrogens is 401 g/mol. The van der Waals surface area contributed by atoms with Crippen LogP contribution >= 0.6 is 0 Å². The van der Waals surface area contributed by atoms with Crippen LogP contribution < -0.4 is 10.5 Å². The Bertz CT molecular complexity index is 1060. The summed E-state index contributed by atoms with van der Waals surface area (Å²) < 4.78 is 20.6. The Labute approximate surface area is 178 Å². The van der Waals surface area contributed by atoms with Gasteiger partial charge in [0.2, 0.25) is 11.9 Å². The highest BCUT2D eigenvalue weighted by Crippen LogP contribution is 2.43. The zero-order chi connectivity index (χ0) is 21.1.